The molecule has 11 heteroatoms. The number of aromatic hydroxyl groups is 1. The molecule has 1 heterocycles. The molecule has 1 saturated heterocycles. The highest BCUT2D eigenvalue weighted by Crippen LogP contribution is 2.20. The van der Waals surface area contributed by atoms with E-state index in [9.17, 15) is 34.5 Å². The molecule has 2 aromatic rings. The average molecular weight is 527 g/mol. The van der Waals surface area contributed by atoms with E-state index in [1.165, 1.54) is 24.0 Å². The van der Waals surface area contributed by atoms with Crippen molar-refractivity contribution < 1.29 is 34.5 Å². The topological polar surface area (TPSA) is 182 Å². The maximum atomic E-state index is 13.5. The monoisotopic (exact) mass is 526 g/mol. The van der Waals surface area contributed by atoms with Crippen molar-refractivity contribution in [3.63, 3.8) is 0 Å². The first-order valence-electron chi connectivity index (χ1n) is 12.5. The molecule has 0 spiro atoms. The van der Waals surface area contributed by atoms with Crippen molar-refractivity contribution >= 4 is 23.7 Å². The molecule has 3 amide bonds. The Morgan fingerprint density at radius 2 is 1.53 bits per heavy atom. The number of rotatable bonds is 11. The Morgan fingerprint density at radius 3 is 2.13 bits per heavy atom. The summed E-state index contributed by atoms with van der Waals surface area (Å²) in [5, 5.41) is 34.1. The number of likely N-dealkylation sites (tertiary alicyclic amines) is 1. The van der Waals surface area contributed by atoms with E-state index in [1.54, 1.807) is 36.4 Å². The Labute approximate surface area is 220 Å². The number of nitrogens with two attached hydrogens (primary N) is 1. The molecule has 1 fully saturated rings. The molecule has 0 radical (unpaired) electrons. The highest BCUT2D eigenvalue weighted by atomic mass is 16.4. The van der Waals surface area contributed by atoms with E-state index in [1.807, 2.05) is 6.07 Å². The molecule has 204 valence electrons. The number of nitrogens with zero attached hydrogens (tertiary/aromatic N) is 1. The number of aliphatic hydroxyl groups excluding tert-OH is 1. The molecule has 0 bridgehead atoms. The number of carbonyl (C=O) groups is 4. The van der Waals surface area contributed by atoms with Crippen molar-refractivity contribution in [2.24, 2.45) is 5.73 Å². The molecular weight excluding hydrogens is 492 g/mol. The van der Waals surface area contributed by atoms with Crippen LogP contribution in [0, 0.1) is 0 Å². The minimum atomic E-state index is -1.28. The predicted molar refractivity (Wildman–Crippen MR) is 138 cm³/mol. The molecule has 11 nitrogen and oxygen atoms in total. The van der Waals surface area contributed by atoms with Gasteiger partial charge in [-0.2, -0.15) is 0 Å². The highest BCUT2D eigenvalue weighted by Gasteiger charge is 2.38. The van der Waals surface area contributed by atoms with E-state index < -0.39 is 54.0 Å². The van der Waals surface area contributed by atoms with Crippen LogP contribution in [0.15, 0.2) is 54.6 Å². The van der Waals surface area contributed by atoms with Gasteiger partial charge in [-0.05, 0) is 43.0 Å². The quantitative estimate of drug-likeness (QED) is 0.235. The summed E-state index contributed by atoms with van der Waals surface area (Å²) in [5.74, 6) is -3.03. The second-order valence-electron chi connectivity index (χ2n) is 9.48. The third-order valence-electron chi connectivity index (χ3n) is 6.55. The number of aliphatic hydroxyl groups is 1. The van der Waals surface area contributed by atoms with Gasteiger partial charge in [-0.25, -0.2) is 4.79 Å². The second kappa shape index (κ2) is 13.0. The number of carbonyl (C=O) groups excluding carboxylic acids is 3. The lowest BCUT2D eigenvalue weighted by molar-refractivity contribution is -0.149. The minimum Gasteiger partial charge on any atom is -0.508 e. The number of aliphatic carboxylic acids is 1. The fraction of sp³-hybridized carbons (Fsp3) is 0.407. The zero-order chi connectivity index (χ0) is 27.8. The van der Waals surface area contributed by atoms with Crippen LogP contribution < -0.4 is 16.4 Å². The van der Waals surface area contributed by atoms with Gasteiger partial charge in [0.15, 0.2) is 0 Å². The van der Waals surface area contributed by atoms with E-state index in [0.29, 0.717) is 18.4 Å². The fourth-order valence-corrected chi connectivity index (χ4v) is 4.37. The Morgan fingerprint density at radius 1 is 0.947 bits per heavy atom. The SMILES string of the molecule is CC(O)C(N)C(=O)NC(Cc1ccc(O)cc1)C(=O)NC(Cc1ccccc1)C(=O)N1CCCC1C(=O)O. The van der Waals surface area contributed by atoms with E-state index >= 15 is 0 Å². The van der Waals surface area contributed by atoms with Gasteiger partial charge in [-0.3, -0.25) is 14.4 Å². The van der Waals surface area contributed by atoms with Gasteiger partial charge < -0.3 is 36.6 Å². The number of carboxylic acids is 1. The first-order valence-corrected chi connectivity index (χ1v) is 12.5. The summed E-state index contributed by atoms with van der Waals surface area (Å²) in [5.41, 5.74) is 7.13. The van der Waals surface area contributed by atoms with Crippen LogP contribution in [0.2, 0.25) is 0 Å². The van der Waals surface area contributed by atoms with Crippen LogP contribution >= 0.6 is 0 Å². The Bertz CT molecular complexity index is 1120. The Kier molecular flexibility index (Phi) is 9.80. The van der Waals surface area contributed by atoms with Crippen molar-refractivity contribution in [1.29, 1.82) is 0 Å². The average Bonchev–Trinajstić information content (AvgIpc) is 3.39. The van der Waals surface area contributed by atoms with Gasteiger partial charge in [0.1, 0.15) is 29.9 Å². The van der Waals surface area contributed by atoms with Gasteiger partial charge >= 0.3 is 5.97 Å². The van der Waals surface area contributed by atoms with Gasteiger partial charge in [0.2, 0.25) is 17.7 Å². The summed E-state index contributed by atoms with van der Waals surface area (Å²) >= 11 is 0. The van der Waals surface area contributed by atoms with Crippen LogP contribution in [0.25, 0.3) is 0 Å². The van der Waals surface area contributed by atoms with Gasteiger partial charge in [0, 0.05) is 19.4 Å². The second-order valence-corrected chi connectivity index (χ2v) is 9.48. The zero-order valence-electron chi connectivity index (χ0n) is 21.1. The van der Waals surface area contributed by atoms with Crippen LogP contribution in [0.1, 0.15) is 30.9 Å². The number of phenolic OH excluding ortho intramolecular Hbond substituents is 1. The van der Waals surface area contributed by atoms with Gasteiger partial charge in [0.25, 0.3) is 0 Å². The summed E-state index contributed by atoms with van der Waals surface area (Å²) in [7, 11) is 0. The number of nitrogens with one attached hydrogen (secondary N) is 2. The number of hydrogen-bond donors (Lipinski definition) is 6. The summed E-state index contributed by atoms with van der Waals surface area (Å²) < 4.78 is 0. The van der Waals surface area contributed by atoms with Gasteiger partial charge in [0.05, 0.1) is 6.10 Å². The molecule has 3 rings (SSSR count). The fourth-order valence-electron chi connectivity index (χ4n) is 4.37. The highest BCUT2D eigenvalue weighted by molar-refractivity contribution is 5.94. The molecule has 5 atom stereocenters. The molecule has 38 heavy (non-hydrogen) atoms. The van der Waals surface area contributed by atoms with Crippen molar-refractivity contribution in [1.82, 2.24) is 15.5 Å². The maximum Gasteiger partial charge on any atom is 0.326 e. The lowest BCUT2D eigenvalue weighted by Crippen LogP contribution is -2.59. The van der Waals surface area contributed by atoms with Crippen LogP contribution in [0.3, 0.4) is 0 Å². The molecule has 0 saturated carbocycles. The van der Waals surface area contributed by atoms with Crippen molar-refractivity contribution in [2.75, 3.05) is 6.54 Å². The summed E-state index contributed by atoms with van der Waals surface area (Å²) in [6.45, 7) is 1.61. The molecule has 7 N–H and O–H groups in total. The molecule has 1 aliphatic heterocycles. The van der Waals surface area contributed by atoms with E-state index in [0.717, 1.165) is 5.56 Å². The lowest BCUT2D eigenvalue weighted by atomic mass is 10.0. The molecule has 2 aromatic carbocycles. The summed E-state index contributed by atoms with van der Waals surface area (Å²) in [6.07, 6.45) is -0.183. The number of phenols is 1. The molecular formula is C27H34N4O7. The molecule has 1 aliphatic rings. The summed E-state index contributed by atoms with van der Waals surface area (Å²) in [6, 6.07) is 10.5. The number of benzene rings is 2. The number of hydrogen-bond acceptors (Lipinski definition) is 7. The Balaban J connectivity index is 1.87. The van der Waals surface area contributed by atoms with E-state index in [-0.39, 0.29) is 25.1 Å². The van der Waals surface area contributed by atoms with Crippen molar-refractivity contribution in [3.05, 3.63) is 65.7 Å². The molecule has 5 unspecified atom stereocenters. The first-order chi connectivity index (χ1) is 18.1. The Hall–Kier alpha value is -3.96. The van der Waals surface area contributed by atoms with Crippen LogP contribution in [0.4, 0.5) is 0 Å². The van der Waals surface area contributed by atoms with Crippen molar-refractivity contribution in [2.45, 2.75) is 62.9 Å². The smallest absolute Gasteiger partial charge is 0.326 e. The zero-order valence-corrected chi connectivity index (χ0v) is 21.1. The number of carboxylic acid groups (broad SMARTS) is 1. The third-order valence-corrected chi connectivity index (χ3v) is 6.55. The first kappa shape index (κ1) is 28.6. The predicted octanol–water partition coefficient (Wildman–Crippen LogP) is -0.0693. The van der Waals surface area contributed by atoms with Crippen LogP contribution in [0.5, 0.6) is 5.75 Å². The van der Waals surface area contributed by atoms with Gasteiger partial charge in [-0.15, -0.1) is 0 Å². The van der Waals surface area contributed by atoms with E-state index in [4.69, 9.17) is 5.73 Å². The largest absolute Gasteiger partial charge is 0.508 e. The standard InChI is InChI=1S/C27H34N4O7/c1-16(32)23(28)25(35)29-20(14-18-9-11-19(33)12-10-18)24(34)30-21(15-17-6-3-2-4-7-17)26(36)31-13-5-8-22(31)27(37)38/h2-4,6-7,9-12,16,20-23,32-33H,5,8,13-15,28H2,1H3,(H,29,35)(H,30,34)(H,37,38). The molecule has 0 aliphatic carbocycles. The van der Waals surface area contributed by atoms with E-state index in [2.05, 4.69) is 10.6 Å². The minimum absolute atomic E-state index is 0.0120. The number of amides is 3. The normalized spacial score (nSPS) is 18.2. The molecule has 0 aromatic heterocycles. The maximum absolute atomic E-state index is 13.5. The van der Waals surface area contributed by atoms with Crippen molar-refractivity contribution in [3.8, 4) is 5.75 Å². The lowest BCUT2D eigenvalue weighted by Gasteiger charge is -2.29. The van der Waals surface area contributed by atoms with Crippen LogP contribution in [-0.4, -0.2) is 80.7 Å². The summed E-state index contributed by atoms with van der Waals surface area (Å²) in [4.78, 5) is 52.6. The third kappa shape index (κ3) is 7.53. The van der Waals surface area contributed by atoms with Crippen LogP contribution in [-0.2, 0) is 32.0 Å². The van der Waals surface area contributed by atoms with Gasteiger partial charge in [-0.1, -0.05) is 42.5 Å².